The fourth-order valence-electron chi connectivity index (χ4n) is 3.12. The number of benzene rings is 1. The lowest BCUT2D eigenvalue weighted by Gasteiger charge is -2.30. The molecule has 5 heteroatoms. The fourth-order valence-corrected chi connectivity index (χ4v) is 3.12. The third-order valence-electron chi connectivity index (χ3n) is 5.17. The molecule has 0 spiro atoms. The molecule has 2 amide bonds. The van der Waals surface area contributed by atoms with Gasteiger partial charge in [-0.1, -0.05) is 13.3 Å². The van der Waals surface area contributed by atoms with Gasteiger partial charge in [0.2, 0.25) is 11.8 Å². The molecule has 0 heterocycles. The van der Waals surface area contributed by atoms with Crippen LogP contribution in [0.5, 0.6) is 0 Å². The van der Waals surface area contributed by atoms with E-state index >= 15 is 0 Å². The van der Waals surface area contributed by atoms with E-state index in [0.717, 1.165) is 42.6 Å². The van der Waals surface area contributed by atoms with Crippen LogP contribution < -0.4 is 10.2 Å². The molecule has 0 aromatic heterocycles. The van der Waals surface area contributed by atoms with Crippen molar-refractivity contribution in [2.45, 2.75) is 59.0 Å². The van der Waals surface area contributed by atoms with Gasteiger partial charge in [0.25, 0.3) is 0 Å². The number of nitrogens with one attached hydrogen (secondary N) is 1. The Balaban J connectivity index is 2.24. The number of nitrogens with zero attached hydrogens (tertiary/aromatic N) is 2. The highest BCUT2D eigenvalue weighted by atomic mass is 16.2. The van der Waals surface area contributed by atoms with Gasteiger partial charge in [-0.3, -0.25) is 9.59 Å². The van der Waals surface area contributed by atoms with Gasteiger partial charge in [0, 0.05) is 50.9 Å². The number of carbonyl (C=O) groups excluding carboxylic acids is 2. The van der Waals surface area contributed by atoms with Crippen molar-refractivity contribution in [3.8, 4) is 0 Å². The summed E-state index contributed by atoms with van der Waals surface area (Å²) in [5.41, 5.74) is 2.92. The van der Waals surface area contributed by atoms with E-state index in [1.807, 2.05) is 42.1 Å². The van der Waals surface area contributed by atoms with E-state index in [0.29, 0.717) is 6.54 Å². The maximum Gasteiger partial charge on any atom is 0.227 e. The van der Waals surface area contributed by atoms with Crippen molar-refractivity contribution in [2.24, 2.45) is 5.92 Å². The SMILES string of the molecule is CC[C@@H](C)N(Cc1cc(NC(=O)C2CCC2)ccc1N(C)C)C(C)=O. The van der Waals surface area contributed by atoms with Crippen LogP contribution in [0.2, 0.25) is 0 Å². The van der Waals surface area contributed by atoms with Gasteiger partial charge in [0.15, 0.2) is 0 Å². The van der Waals surface area contributed by atoms with E-state index < -0.39 is 0 Å². The van der Waals surface area contributed by atoms with E-state index in [9.17, 15) is 9.59 Å². The van der Waals surface area contributed by atoms with Gasteiger partial charge in [-0.2, -0.15) is 0 Å². The summed E-state index contributed by atoms with van der Waals surface area (Å²) in [6.45, 7) is 6.32. The van der Waals surface area contributed by atoms with Gasteiger partial charge < -0.3 is 15.1 Å². The smallest absolute Gasteiger partial charge is 0.227 e. The number of hydrogen-bond acceptors (Lipinski definition) is 3. The van der Waals surface area contributed by atoms with Crippen LogP contribution in [0.15, 0.2) is 18.2 Å². The fraction of sp³-hybridized carbons (Fsp3) is 0.600. The van der Waals surface area contributed by atoms with Crippen LogP contribution in [0, 0.1) is 5.92 Å². The van der Waals surface area contributed by atoms with Crippen LogP contribution in [0.4, 0.5) is 11.4 Å². The van der Waals surface area contributed by atoms with E-state index in [1.54, 1.807) is 6.92 Å². The Labute approximate surface area is 151 Å². The summed E-state index contributed by atoms with van der Waals surface area (Å²) in [6, 6.07) is 6.14. The molecule has 1 saturated carbocycles. The average Bonchev–Trinajstić information content (AvgIpc) is 2.49. The third kappa shape index (κ3) is 4.74. The predicted octanol–water partition coefficient (Wildman–Crippen LogP) is 3.64. The van der Waals surface area contributed by atoms with Crippen molar-refractivity contribution in [1.82, 2.24) is 4.90 Å². The maximum absolute atomic E-state index is 12.2. The van der Waals surface area contributed by atoms with Crippen molar-refractivity contribution in [1.29, 1.82) is 0 Å². The first-order chi connectivity index (χ1) is 11.8. The van der Waals surface area contributed by atoms with Crippen molar-refractivity contribution < 1.29 is 9.59 Å². The molecule has 1 aliphatic carbocycles. The molecule has 25 heavy (non-hydrogen) atoms. The highest BCUT2D eigenvalue weighted by Crippen LogP contribution is 2.29. The first kappa shape index (κ1) is 19.3. The summed E-state index contributed by atoms with van der Waals surface area (Å²) in [6.07, 6.45) is 4.03. The molecular formula is C20H31N3O2. The minimum absolute atomic E-state index is 0.0722. The molecule has 5 nitrogen and oxygen atoms in total. The highest BCUT2D eigenvalue weighted by Gasteiger charge is 2.25. The zero-order chi connectivity index (χ0) is 18.6. The number of rotatable bonds is 7. The molecule has 0 unspecified atom stereocenters. The van der Waals surface area contributed by atoms with E-state index in [2.05, 4.69) is 19.2 Å². The minimum Gasteiger partial charge on any atom is -0.377 e. The van der Waals surface area contributed by atoms with Crippen molar-refractivity contribution in [2.75, 3.05) is 24.3 Å². The monoisotopic (exact) mass is 345 g/mol. The van der Waals surface area contributed by atoms with Crippen molar-refractivity contribution in [3.63, 3.8) is 0 Å². The molecule has 1 aromatic rings. The maximum atomic E-state index is 12.2. The number of anilines is 2. The molecule has 2 rings (SSSR count). The van der Waals surface area contributed by atoms with Gasteiger partial charge in [0.05, 0.1) is 0 Å². The Morgan fingerprint density at radius 3 is 2.44 bits per heavy atom. The Bertz CT molecular complexity index is 623. The molecule has 0 radical (unpaired) electrons. The summed E-state index contributed by atoms with van der Waals surface area (Å²) in [7, 11) is 3.99. The third-order valence-corrected chi connectivity index (χ3v) is 5.17. The van der Waals surface area contributed by atoms with Gasteiger partial charge in [-0.15, -0.1) is 0 Å². The van der Waals surface area contributed by atoms with Crippen LogP contribution in [-0.2, 0) is 16.1 Å². The second kappa shape index (κ2) is 8.37. The summed E-state index contributed by atoms with van der Waals surface area (Å²) in [5, 5.41) is 3.04. The summed E-state index contributed by atoms with van der Waals surface area (Å²) in [4.78, 5) is 28.2. The van der Waals surface area contributed by atoms with Crippen LogP contribution in [0.25, 0.3) is 0 Å². The van der Waals surface area contributed by atoms with Crippen LogP contribution >= 0.6 is 0 Å². The quantitative estimate of drug-likeness (QED) is 0.821. The van der Waals surface area contributed by atoms with Crippen LogP contribution in [-0.4, -0.2) is 36.9 Å². The number of carbonyl (C=O) groups is 2. The molecule has 0 aliphatic heterocycles. The van der Waals surface area contributed by atoms with E-state index in [1.165, 1.54) is 0 Å². The van der Waals surface area contributed by atoms with Gasteiger partial charge in [-0.25, -0.2) is 0 Å². The summed E-state index contributed by atoms with van der Waals surface area (Å²) < 4.78 is 0. The Morgan fingerprint density at radius 1 is 1.28 bits per heavy atom. The van der Waals surface area contributed by atoms with Gasteiger partial charge in [-0.05, 0) is 49.9 Å². The molecule has 1 N–H and O–H groups in total. The standard InChI is InChI=1S/C20H31N3O2/c1-6-14(2)23(15(3)24)13-17-12-18(10-11-19(17)22(4)5)21-20(25)16-8-7-9-16/h10-12,14,16H,6-9,13H2,1-5H3,(H,21,25)/t14-/m1/s1. The van der Waals surface area contributed by atoms with E-state index in [-0.39, 0.29) is 23.8 Å². The first-order valence-electron chi connectivity index (χ1n) is 9.21. The molecule has 0 saturated heterocycles. The first-order valence-corrected chi connectivity index (χ1v) is 9.21. The van der Waals surface area contributed by atoms with Crippen molar-refractivity contribution >= 4 is 23.2 Å². The average molecular weight is 345 g/mol. The molecule has 1 aromatic carbocycles. The predicted molar refractivity (Wildman–Crippen MR) is 103 cm³/mol. The van der Waals surface area contributed by atoms with Gasteiger partial charge >= 0.3 is 0 Å². The Hall–Kier alpha value is -2.04. The highest BCUT2D eigenvalue weighted by molar-refractivity contribution is 5.93. The lowest BCUT2D eigenvalue weighted by atomic mass is 9.85. The van der Waals surface area contributed by atoms with Crippen molar-refractivity contribution in [3.05, 3.63) is 23.8 Å². The molecule has 1 atom stereocenters. The number of amides is 2. The molecule has 138 valence electrons. The molecule has 1 aliphatic rings. The Kier molecular flexibility index (Phi) is 6.45. The lowest BCUT2D eigenvalue weighted by molar-refractivity contribution is -0.131. The zero-order valence-electron chi connectivity index (χ0n) is 16.1. The van der Waals surface area contributed by atoms with E-state index in [4.69, 9.17) is 0 Å². The van der Waals surface area contributed by atoms with Crippen LogP contribution in [0.3, 0.4) is 0 Å². The Morgan fingerprint density at radius 2 is 1.96 bits per heavy atom. The second-order valence-corrected chi connectivity index (χ2v) is 7.26. The minimum atomic E-state index is 0.0722. The molecule has 1 fully saturated rings. The zero-order valence-corrected chi connectivity index (χ0v) is 16.1. The molecular weight excluding hydrogens is 314 g/mol. The lowest BCUT2D eigenvalue weighted by Crippen LogP contribution is -2.36. The van der Waals surface area contributed by atoms with Crippen LogP contribution in [0.1, 0.15) is 52.0 Å². The van der Waals surface area contributed by atoms with Gasteiger partial charge in [0.1, 0.15) is 0 Å². The normalized spacial score (nSPS) is 15.2. The summed E-state index contributed by atoms with van der Waals surface area (Å²) in [5.74, 6) is 0.342. The largest absolute Gasteiger partial charge is 0.377 e. The topological polar surface area (TPSA) is 52.7 Å². The molecule has 0 bridgehead atoms. The summed E-state index contributed by atoms with van der Waals surface area (Å²) >= 11 is 0. The second-order valence-electron chi connectivity index (χ2n) is 7.26. The number of hydrogen-bond donors (Lipinski definition) is 1.